The van der Waals surface area contributed by atoms with Crippen LogP contribution in [0.15, 0.2) is 47.9 Å². The Labute approximate surface area is 162 Å². The molecule has 1 saturated heterocycles. The van der Waals surface area contributed by atoms with Gasteiger partial charge < -0.3 is 10.2 Å². The average molecular weight is 382 g/mol. The first kappa shape index (κ1) is 17.8. The number of hydrogen-bond acceptors (Lipinski definition) is 6. The second-order valence-corrected chi connectivity index (χ2v) is 7.47. The Morgan fingerprint density at radius 1 is 1.07 bits per heavy atom. The fourth-order valence-corrected chi connectivity index (χ4v) is 4.02. The number of thioether (sulfide) groups is 1. The number of aromatic nitrogens is 4. The SMILES string of the molecule is O=C(CSc1nnc2ncccn12)Nc1ccccc1N1CCCCCC1. The summed E-state index contributed by atoms with van der Waals surface area (Å²) in [6.45, 7) is 2.08. The van der Waals surface area contributed by atoms with Crippen LogP contribution in [0.25, 0.3) is 5.78 Å². The molecule has 1 N–H and O–H groups in total. The van der Waals surface area contributed by atoms with Gasteiger partial charge in [-0.2, -0.15) is 0 Å². The van der Waals surface area contributed by atoms with Crippen molar-refractivity contribution in [3.63, 3.8) is 0 Å². The molecule has 4 rings (SSSR count). The van der Waals surface area contributed by atoms with Gasteiger partial charge in [0.2, 0.25) is 5.91 Å². The zero-order chi connectivity index (χ0) is 18.5. The highest BCUT2D eigenvalue weighted by molar-refractivity contribution is 7.99. The first-order valence-electron chi connectivity index (χ1n) is 9.23. The maximum atomic E-state index is 12.5. The lowest BCUT2D eigenvalue weighted by Crippen LogP contribution is -2.26. The first-order chi connectivity index (χ1) is 13.3. The van der Waals surface area contributed by atoms with E-state index in [0.717, 1.165) is 24.5 Å². The largest absolute Gasteiger partial charge is 0.370 e. The van der Waals surface area contributed by atoms with Crippen LogP contribution in [0.4, 0.5) is 11.4 Å². The minimum absolute atomic E-state index is 0.0529. The summed E-state index contributed by atoms with van der Waals surface area (Å²) in [5, 5.41) is 11.8. The molecule has 1 amide bonds. The molecule has 1 aliphatic rings. The summed E-state index contributed by atoms with van der Waals surface area (Å²) in [4.78, 5) is 19.0. The van der Waals surface area contributed by atoms with Gasteiger partial charge >= 0.3 is 0 Å². The van der Waals surface area contributed by atoms with E-state index in [4.69, 9.17) is 0 Å². The third-order valence-electron chi connectivity index (χ3n) is 4.62. The minimum atomic E-state index is -0.0529. The van der Waals surface area contributed by atoms with Crippen LogP contribution in [0.5, 0.6) is 0 Å². The number of nitrogens with zero attached hydrogens (tertiary/aromatic N) is 5. The summed E-state index contributed by atoms with van der Waals surface area (Å²) in [6, 6.07) is 9.87. The van der Waals surface area contributed by atoms with Gasteiger partial charge in [0.25, 0.3) is 5.78 Å². The Bertz CT molecular complexity index is 919. The average Bonchev–Trinajstić information content (AvgIpc) is 2.91. The summed E-state index contributed by atoms with van der Waals surface area (Å²) >= 11 is 1.35. The summed E-state index contributed by atoms with van der Waals surface area (Å²) in [5.41, 5.74) is 1.98. The molecule has 1 aromatic carbocycles. The van der Waals surface area contributed by atoms with E-state index in [1.165, 1.54) is 37.4 Å². The highest BCUT2D eigenvalue weighted by atomic mass is 32.2. The van der Waals surface area contributed by atoms with Gasteiger partial charge in [0.15, 0.2) is 5.16 Å². The van der Waals surface area contributed by atoms with Crippen LogP contribution < -0.4 is 10.2 Å². The number of carbonyl (C=O) groups is 1. The summed E-state index contributed by atoms with van der Waals surface area (Å²) in [7, 11) is 0. The number of hydrogen-bond donors (Lipinski definition) is 1. The fraction of sp³-hybridized carbons (Fsp3) is 0.368. The molecule has 27 heavy (non-hydrogen) atoms. The van der Waals surface area contributed by atoms with Crippen molar-refractivity contribution in [1.29, 1.82) is 0 Å². The highest BCUT2D eigenvalue weighted by Gasteiger charge is 2.15. The van der Waals surface area contributed by atoms with Crippen molar-refractivity contribution in [3.8, 4) is 0 Å². The molecule has 0 saturated carbocycles. The quantitative estimate of drug-likeness (QED) is 0.683. The number of nitrogens with one attached hydrogen (secondary N) is 1. The molecular weight excluding hydrogens is 360 g/mol. The number of carbonyl (C=O) groups excluding carboxylic acids is 1. The van der Waals surface area contributed by atoms with E-state index in [1.807, 2.05) is 30.5 Å². The molecule has 1 aliphatic heterocycles. The molecule has 8 heteroatoms. The standard InChI is InChI=1S/C19H22N6OS/c26-17(14-27-19-23-22-18-20-10-7-13-25(18)19)21-15-8-3-4-9-16(15)24-11-5-1-2-6-12-24/h3-4,7-10,13H,1-2,5-6,11-12,14H2,(H,21,26). The maximum Gasteiger partial charge on any atom is 0.255 e. The lowest BCUT2D eigenvalue weighted by molar-refractivity contribution is -0.113. The molecule has 0 unspecified atom stereocenters. The van der Waals surface area contributed by atoms with Crippen molar-refractivity contribution in [1.82, 2.24) is 19.6 Å². The molecule has 0 spiro atoms. The zero-order valence-electron chi connectivity index (χ0n) is 15.0. The summed E-state index contributed by atoms with van der Waals surface area (Å²) in [5.74, 6) is 0.749. The molecule has 140 valence electrons. The highest BCUT2D eigenvalue weighted by Crippen LogP contribution is 2.28. The van der Waals surface area contributed by atoms with Crippen LogP contribution in [0.1, 0.15) is 25.7 Å². The van der Waals surface area contributed by atoms with E-state index >= 15 is 0 Å². The summed E-state index contributed by atoms with van der Waals surface area (Å²) in [6.07, 6.45) is 8.48. The number of benzene rings is 1. The van der Waals surface area contributed by atoms with Crippen LogP contribution in [0.2, 0.25) is 0 Å². The molecule has 0 radical (unpaired) electrons. The van der Waals surface area contributed by atoms with E-state index in [9.17, 15) is 4.79 Å². The summed E-state index contributed by atoms with van der Waals surface area (Å²) < 4.78 is 1.78. The smallest absolute Gasteiger partial charge is 0.255 e. The predicted octanol–water partition coefficient (Wildman–Crippen LogP) is 3.24. The lowest BCUT2D eigenvalue weighted by atomic mass is 10.2. The van der Waals surface area contributed by atoms with Crippen LogP contribution in [-0.2, 0) is 4.79 Å². The molecule has 7 nitrogen and oxygen atoms in total. The van der Waals surface area contributed by atoms with Crippen molar-refractivity contribution in [2.24, 2.45) is 0 Å². The Hall–Kier alpha value is -2.61. The molecule has 1 fully saturated rings. The van der Waals surface area contributed by atoms with Crippen LogP contribution >= 0.6 is 11.8 Å². The molecule has 0 aliphatic carbocycles. The number of para-hydroxylation sites is 2. The third-order valence-corrected chi connectivity index (χ3v) is 5.56. The van der Waals surface area contributed by atoms with E-state index < -0.39 is 0 Å². The van der Waals surface area contributed by atoms with Crippen molar-refractivity contribution in [2.75, 3.05) is 29.1 Å². The van der Waals surface area contributed by atoms with Gasteiger partial charge in [-0.25, -0.2) is 4.98 Å². The maximum absolute atomic E-state index is 12.5. The number of rotatable bonds is 5. The Kier molecular flexibility index (Phi) is 5.53. The monoisotopic (exact) mass is 382 g/mol. The Morgan fingerprint density at radius 3 is 2.74 bits per heavy atom. The topological polar surface area (TPSA) is 75.4 Å². The van der Waals surface area contributed by atoms with Crippen LogP contribution in [0.3, 0.4) is 0 Å². The minimum Gasteiger partial charge on any atom is -0.370 e. The Balaban J connectivity index is 1.42. The first-order valence-corrected chi connectivity index (χ1v) is 10.2. The van der Waals surface area contributed by atoms with E-state index in [2.05, 4.69) is 31.5 Å². The van der Waals surface area contributed by atoms with E-state index in [-0.39, 0.29) is 11.7 Å². The molecule has 3 heterocycles. The van der Waals surface area contributed by atoms with Gasteiger partial charge in [-0.05, 0) is 31.0 Å². The van der Waals surface area contributed by atoms with Gasteiger partial charge in [-0.3, -0.25) is 9.20 Å². The molecular formula is C19H22N6OS. The van der Waals surface area contributed by atoms with Crippen molar-refractivity contribution in [3.05, 3.63) is 42.7 Å². The second kappa shape index (κ2) is 8.39. The molecule has 3 aromatic rings. The normalized spacial score (nSPS) is 14.9. The zero-order valence-corrected chi connectivity index (χ0v) is 15.9. The van der Waals surface area contributed by atoms with Crippen LogP contribution in [0, 0.1) is 0 Å². The number of amides is 1. The van der Waals surface area contributed by atoms with Crippen LogP contribution in [-0.4, -0.2) is 44.3 Å². The van der Waals surface area contributed by atoms with Crippen molar-refractivity contribution >= 4 is 34.8 Å². The molecule has 0 bridgehead atoms. The predicted molar refractivity (Wildman–Crippen MR) is 107 cm³/mol. The van der Waals surface area contributed by atoms with E-state index in [1.54, 1.807) is 10.6 Å². The van der Waals surface area contributed by atoms with Gasteiger partial charge in [0.1, 0.15) is 0 Å². The van der Waals surface area contributed by atoms with Gasteiger partial charge in [0, 0.05) is 25.5 Å². The lowest BCUT2D eigenvalue weighted by Gasteiger charge is -2.25. The molecule has 2 aromatic heterocycles. The van der Waals surface area contributed by atoms with E-state index in [0.29, 0.717) is 10.9 Å². The number of anilines is 2. The second-order valence-electron chi connectivity index (χ2n) is 6.53. The molecule has 0 atom stereocenters. The third kappa shape index (κ3) is 4.21. The number of fused-ring (bicyclic) bond motifs is 1. The Morgan fingerprint density at radius 2 is 1.89 bits per heavy atom. The van der Waals surface area contributed by atoms with Gasteiger partial charge in [-0.15, -0.1) is 10.2 Å². The van der Waals surface area contributed by atoms with Gasteiger partial charge in [-0.1, -0.05) is 36.7 Å². The fourth-order valence-electron chi connectivity index (χ4n) is 3.30. The van der Waals surface area contributed by atoms with Crippen molar-refractivity contribution in [2.45, 2.75) is 30.8 Å². The van der Waals surface area contributed by atoms with Gasteiger partial charge in [0.05, 0.1) is 17.1 Å². The van der Waals surface area contributed by atoms with Crippen molar-refractivity contribution < 1.29 is 4.79 Å².